The fourth-order valence-corrected chi connectivity index (χ4v) is 2.87. The fourth-order valence-electron chi connectivity index (χ4n) is 2.40. The van der Waals surface area contributed by atoms with Gasteiger partial charge >= 0.3 is 5.97 Å². The quantitative estimate of drug-likeness (QED) is 0.627. The zero-order valence-electron chi connectivity index (χ0n) is 13.2. The molecule has 2 aromatic rings. The van der Waals surface area contributed by atoms with Crippen LogP contribution >= 0.6 is 11.8 Å². The van der Waals surface area contributed by atoms with Crippen molar-refractivity contribution in [2.24, 2.45) is 0 Å². The number of hydrogen-bond acceptors (Lipinski definition) is 5. The maximum atomic E-state index is 12.6. The predicted octanol–water partition coefficient (Wildman–Crippen LogP) is 2.45. The topological polar surface area (TPSA) is 81.4 Å². The number of nitrogens with one attached hydrogen (secondary N) is 1. The molecule has 0 unspecified atom stereocenters. The van der Waals surface area contributed by atoms with Crippen LogP contribution in [0.15, 0.2) is 36.4 Å². The second-order valence-corrected chi connectivity index (χ2v) is 6.06. The normalized spacial score (nSPS) is 11.9. The Morgan fingerprint density at radius 1 is 1.22 bits per heavy atom. The fraction of sp³-hybridized carbons (Fsp3) is 0.294. The molecule has 0 saturated carbocycles. The van der Waals surface area contributed by atoms with Crippen molar-refractivity contribution in [3.05, 3.63) is 42.0 Å². The molecule has 0 aliphatic rings. The van der Waals surface area contributed by atoms with Crippen LogP contribution in [0, 0.1) is 0 Å². The highest BCUT2D eigenvalue weighted by molar-refractivity contribution is 7.98. The number of carbonyl (C=O) groups is 2. The number of thioether (sulfide) groups is 1. The Hall–Kier alpha value is -2.21. The van der Waals surface area contributed by atoms with Crippen molar-refractivity contribution in [1.29, 1.82) is 0 Å². The molecule has 23 heavy (non-hydrogen) atoms. The molecule has 0 saturated heterocycles. The first-order valence-corrected chi connectivity index (χ1v) is 8.62. The van der Waals surface area contributed by atoms with E-state index in [1.165, 1.54) is 7.11 Å². The van der Waals surface area contributed by atoms with Gasteiger partial charge in [0.25, 0.3) is 5.91 Å². The van der Waals surface area contributed by atoms with Gasteiger partial charge in [-0.05, 0) is 35.9 Å². The van der Waals surface area contributed by atoms with Gasteiger partial charge in [-0.1, -0.05) is 24.3 Å². The van der Waals surface area contributed by atoms with Crippen LogP contribution in [0.3, 0.4) is 0 Å². The second kappa shape index (κ2) is 7.87. The van der Waals surface area contributed by atoms with Gasteiger partial charge in [-0.3, -0.25) is 4.79 Å². The van der Waals surface area contributed by atoms with Crippen molar-refractivity contribution in [3.8, 4) is 0 Å². The Morgan fingerprint density at radius 2 is 1.91 bits per heavy atom. The number of nitrogens with two attached hydrogens (primary N) is 1. The molecule has 1 amide bonds. The van der Waals surface area contributed by atoms with Crippen molar-refractivity contribution >= 4 is 40.1 Å². The van der Waals surface area contributed by atoms with Gasteiger partial charge in [0, 0.05) is 16.6 Å². The highest BCUT2D eigenvalue weighted by Gasteiger charge is 2.22. The Kier molecular flexibility index (Phi) is 5.87. The zero-order valence-corrected chi connectivity index (χ0v) is 14.0. The Balaban J connectivity index is 2.29. The molecule has 122 valence electrons. The van der Waals surface area contributed by atoms with Crippen LogP contribution in [-0.4, -0.2) is 37.0 Å². The molecule has 0 spiro atoms. The lowest BCUT2D eigenvalue weighted by molar-refractivity contribution is -0.142. The summed E-state index contributed by atoms with van der Waals surface area (Å²) < 4.78 is 4.77. The van der Waals surface area contributed by atoms with E-state index in [9.17, 15) is 9.59 Å². The number of fused-ring (bicyclic) bond motifs is 1. The van der Waals surface area contributed by atoms with Gasteiger partial charge in [-0.15, -0.1) is 0 Å². The number of hydrogen-bond donors (Lipinski definition) is 2. The van der Waals surface area contributed by atoms with Crippen molar-refractivity contribution in [2.75, 3.05) is 24.9 Å². The number of methoxy groups -OCH3 is 1. The standard InChI is InChI=1S/C17H20N2O3S/c1-22-17(21)15(9-10-23-2)19-16(20)13-7-3-6-12-11(13)5-4-8-14(12)18/h3-8,15H,9-10,18H2,1-2H3,(H,19,20)/t15-/m0/s1. The third-order valence-electron chi connectivity index (χ3n) is 3.60. The highest BCUT2D eigenvalue weighted by atomic mass is 32.2. The summed E-state index contributed by atoms with van der Waals surface area (Å²) in [5, 5.41) is 4.34. The molecule has 0 fully saturated rings. The van der Waals surface area contributed by atoms with E-state index >= 15 is 0 Å². The number of nitrogen functional groups attached to an aromatic ring is 1. The smallest absolute Gasteiger partial charge is 0.328 e. The summed E-state index contributed by atoms with van der Waals surface area (Å²) in [5.74, 6) is 0.00701. The lowest BCUT2D eigenvalue weighted by Gasteiger charge is -2.17. The minimum atomic E-state index is -0.656. The molecule has 5 nitrogen and oxygen atoms in total. The Bertz CT molecular complexity index is 718. The highest BCUT2D eigenvalue weighted by Crippen LogP contribution is 2.24. The van der Waals surface area contributed by atoms with Crippen LogP contribution in [0.5, 0.6) is 0 Å². The lowest BCUT2D eigenvalue weighted by Crippen LogP contribution is -2.42. The van der Waals surface area contributed by atoms with Crippen LogP contribution < -0.4 is 11.1 Å². The number of benzene rings is 2. The SMILES string of the molecule is COC(=O)[C@H](CCSC)NC(=O)c1cccc2c(N)cccc12. The van der Waals surface area contributed by atoms with E-state index in [-0.39, 0.29) is 5.91 Å². The number of esters is 1. The van der Waals surface area contributed by atoms with Crippen LogP contribution in [-0.2, 0) is 9.53 Å². The van der Waals surface area contributed by atoms with E-state index in [1.54, 1.807) is 36.0 Å². The number of anilines is 1. The van der Waals surface area contributed by atoms with E-state index in [1.807, 2.05) is 18.4 Å². The first-order valence-electron chi connectivity index (χ1n) is 7.23. The summed E-state index contributed by atoms with van der Waals surface area (Å²) in [6, 6.07) is 10.2. The minimum Gasteiger partial charge on any atom is -0.467 e. The molecule has 0 aromatic heterocycles. The molecule has 6 heteroatoms. The van der Waals surface area contributed by atoms with Crippen molar-refractivity contribution in [2.45, 2.75) is 12.5 Å². The van der Waals surface area contributed by atoms with Gasteiger partial charge in [0.2, 0.25) is 0 Å². The summed E-state index contributed by atoms with van der Waals surface area (Å²) in [7, 11) is 1.32. The predicted molar refractivity (Wildman–Crippen MR) is 94.6 cm³/mol. The maximum Gasteiger partial charge on any atom is 0.328 e. The van der Waals surface area contributed by atoms with E-state index in [0.717, 1.165) is 16.5 Å². The number of amides is 1. The van der Waals surface area contributed by atoms with Crippen molar-refractivity contribution < 1.29 is 14.3 Å². The summed E-state index contributed by atoms with van der Waals surface area (Å²) in [6.45, 7) is 0. The Morgan fingerprint density at radius 3 is 2.61 bits per heavy atom. The average molecular weight is 332 g/mol. The molecule has 2 rings (SSSR count). The van der Waals surface area contributed by atoms with Crippen LogP contribution in [0.2, 0.25) is 0 Å². The van der Waals surface area contributed by atoms with Gasteiger partial charge < -0.3 is 15.8 Å². The molecule has 0 heterocycles. The third-order valence-corrected chi connectivity index (χ3v) is 4.25. The molecule has 0 bridgehead atoms. The van der Waals surface area contributed by atoms with Gasteiger partial charge in [0.05, 0.1) is 7.11 Å². The molecule has 0 radical (unpaired) electrons. The lowest BCUT2D eigenvalue weighted by atomic mass is 10.0. The maximum absolute atomic E-state index is 12.6. The number of ether oxygens (including phenoxy) is 1. The van der Waals surface area contributed by atoms with E-state index in [2.05, 4.69) is 5.32 Å². The van der Waals surface area contributed by atoms with Crippen molar-refractivity contribution in [1.82, 2.24) is 5.32 Å². The van der Waals surface area contributed by atoms with Gasteiger partial charge in [0.1, 0.15) is 6.04 Å². The zero-order chi connectivity index (χ0) is 16.8. The minimum absolute atomic E-state index is 0.308. The summed E-state index contributed by atoms with van der Waals surface area (Å²) in [4.78, 5) is 24.4. The second-order valence-electron chi connectivity index (χ2n) is 5.08. The van der Waals surface area contributed by atoms with E-state index < -0.39 is 12.0 Å². The van der Waals surface area contributed by atoms with E-state index in [0.29, 0.717) is 17.7 Å². The van der Waals surface area contributed by atoms with Gasteiger partial charge in [0.15, 0.2) is 0 Å². The van der Waals surface area contributed by atoms with Crippen LogP contribution in [0.4, 0.5) is 5.69 Å². The summed E-state index contributed by atoms with van der Waals surface area (Å²) >= 11 is 1.61. The van der Waals surface area contributed by atoms with Crippen LogP contribution in [0.1, 0.15) is 16.8 Å². The number of rotatable bonds is 6. The molecule has 2 aromatic carbocycles. The summed E-state index contributed by atoms with van der Waals surface area (Å²) in [6.07, 6.45) is 2.47. The first-order chi connectivity index (χ1) is 11.1. The molecule has 0 aliphatic carbocycles. The van der Waals surface area contributed by atoms with Gasteiger partial charge in [-0.2, -0.15) is 11.8 Å². The molecule has 1 atom stereocenters. The summed E-state index contributed by atoms with van der Waals surface area (Å²) in [5.41, 5.74) is 7.06. The monoisotopic (exact) mass is 332 g/mol. The largest absolute Gasteiger partial charge is 0.467 e. The van der Waals surface area contributed by atoms with Crippen LogP contribution in [0.25, 0.3) is 10.8 Å². The first kappa shape index (κ1) is 17.1. The average Bonchev–Trinajstić information content (AvgIpc) is 2.57. The molecular formula is C17H20N2O3S. The molecular weight excluding hydrogens is 312 g/mol. The number of carbonyl (C=O) groups excluding carboxylic acids is 2. The van der Waals surface area contributed by atoms with Crippen molar-refractivity contribution in [3.63, 3.8) is 0 Å². The third kappa shape index (κ3) is 3.96. The Labute approximate surface area is 139 Å². The molecule has 0 aliphatic heterocycles. The molecule has 3 N–H and O–H groups in total. The van der Waals surface area contributed by atoms with Gasteiger partial charge in [-0.25, -0.2) is 4.79 Å². The van der Waals surface area contributed by atoms with E-state index in [4.69, 9.17) is 10.5 Å².